The fourth-order valence-corrected chi connectivity index (χ4v) is 3.90. The first-order valence-corrected chi connectivity index (χ1v) is 10.5. The molecule has 2 amide bonds. The van der Waals surface area contributed by atoms with Crippen molar-refractivity contribution in [2.24, 2.45) is 0 Å². The topological polar surface area (TPSA) is 86.9 Å². The lowest BCUT2D eigenvalue weighted by Gasteiger charge is -2.34. The summed E-state index contributed by atoms with van der Waals surface area (Å²) in [5.41, 5.74) is 1.69. The van der Waals surface area contributed by atoms with Crippen molar-refractivity contribution in [1.29, 1.82) is 0 Å². The van der Waals surface area contributed by atoms with E-state index in [0.29, 0.717) is 49.1 Å². The molecule has 0 unspecified atom stereocenters. The van der Waals surface area contributed by atoms with Gasteiger partial charge in [0.05, 0.1) is 0 Å². The minimum atomic E-state index is -0.144. The predicted octanol–water partition coefficient (Wildman–Crippen LogP) is 3.52. The van der Waals surface area contributed by atoms with Gasteiger partial charge in [-0.15, -0.1) is 0 Å². The van der Waals surface area contributed by atoms with Gasteiger partial charge in [-0.25, -0.2) is 4.98 Å². The SMILES string of the molecule is O=C(c1cccc(O)c1)N1CCN(C(=O)c2nc(-c3ccccc3)oc2C2CC2)CC1. The fraction of sp³-hybridized carbons (Fsp3) is 0.292. The van der Waals surface area contributed by atoms with Gasteiger partial charge in [0.15, 0.2) is 5.69 Å². The molecule has 31 heavy (non-hydrogen) atoms. The highest BCUT2D eigenvalue weighted by Crippen LogP contribution is 2.43. The number of hydrogen-bond donors (Lipinski definition) is 1. The van der Waals surface area contributed by atoms with E-state index < -0.39 is 0 Å². The van der Waals surface area contributed by atoms with Crippen molar-refractivity contribution in [3.63, 3.8) is 0 Å². The lowest BCUT2D eigenvalue weighted by atomic mass is 10.1. The Morgan fingerprint density at radius 2 is 1.58 bits per heavy atom. The molecule has 7 heteroatoms. The summed E-state index contributed by atoms with van der Waals surface area (Å²) >= 11 is 0. The van der Waals surface area contributed by atoms with E-state index in [1.54, 1.807) is 21.9 Å². The molecule has 2 aliphatic rings. The molecule has 1 aliphatic heterocycles. The maximum absolute atomic E-state index is 13.3. The van der Waals surface area contributed by atoms with E-state index in [-0.39, 0.29) is 23.5 Å². The van der Waals surface area contributed by atoms with E-state index in [0.717, 1.165) is 18.4 Å². The number of carbonyl (C=O) groups is 2. The number of amides is 2. The van der Waals surface area contributed by atoms with Gasteiger partial charge in [0.2, 0.25) is 5.89 Å². The fourth-order valence-electron chi connectivity index (χ4n) is 3.90. The minimum Gasteiger partial charge on any atom is -0.508 e. The van der Waals surface area contributed by atoms with E-state index in [4.69, 9.17) is 4.42 Å². The molecule has 1 saturated heterocycles. The predicted molar refractivity (Wildman–Crippen MR) is 114 cm³/mol. The van der Waals surface area contributed by atoms with Gasteiger partial charge in [-0.3, -0.25) is 9.59 Å². The second kappa shape index (κ2) is 7.91. The van der Waals surface area contributed by atoms with Gasteiger partial charge in [-0.1, -0.05) is 24.3 Å². The maximum Gasteiger partial charge on any atom is 0.276 e. The number of nitrogens with zero attached hydrogens (tertiary/aromatic N) is 3. The van der Waals surface area contributed by atoms with Gasteiger partial charge in [-0.05, 0) is 43.2 Å². The van der Waals surface area contributed by atoms with Crippen molar-refractivity contribution >= 4 is 11.8 Å². The summed E-state index contributed by atoms with van der Waals surface area (Å²) in [6, 6.07) is 15.9. The third-order valence-electron chi connectivity index (χ3n) is 5.77. The number of benzene rings is 2. The highest BCUT2D eigenvalue weighted by Gasteiger charge is 2.36. The Morgan fingerprint density at radius 1 is 0.903 bits per heavy atom. The van der Waals surface area contributed by atoms with Gasteiger partial charge >= 0.3 is 0 Å². The van der Waals surface area contributed by atoms with Crippen LogP contribution in [0.2, 0.25) is 0 Å². The normalized spacial score (nSPS) is 16.4. The highest BCUT2D eigenvalue weighted by atomic mass is 16.4. The van der Waals surface area contributed by atoms with Crippen LogP contribution in [-0.4, -0.2) is 57.9 Å². The van der Waals surface area contributed by atoms with Crippen molar-refractivity contribution in [1.82, 2.24) is 14.8 Å². The Labute approximate surface area is 179 Å². The molecule has 7 nitrogen and oxygen atoms in total. The first-order valence-electron chi connectivity index (χ1n) is 10.5. The smallest absolute Gasteiger partial charge is 0.276 e. The Hall–Kier alpha value is -3.61. The summed E-state index contributed by atoms with van der Waals surface area (Å²) in [7, 11) is 0. The molecule has 0 spiro atoms. The van der Waals surface area contributed by atoms with Crippen LogP contribution in [0.4, 0.5) is 0 Å². The van der Waals surface area contributed by atoms with Crippen LogP contribution in [0.15, 0.2) is 59.0 Å². The highest BCUT2D eigenvalue weighted by molar-refractivity contribution is 5.96. The Morgan fingerprint density at radius 3 is 2.23 bits per heavy atom. The van der Waals surface area contributed by atoms with Crippen molar-refractivity contribution in [3.8, 4) is 17.2 Å². The number of rotatable bonds is 4. The molecule has 1 N–H and O–H groups in total. The van der Waals surface area contributed by atoms with Crippen LogP contribution in [0.5, 0.6) is 5.75 Å². The molecule has 1 aliphatic carbocycles. The van der Waals surface area contributed by atoms with E-state index in [1.807, 2.05) is 30.3 Å². The van der Waals surface area contributed by atoms with Crippen molar-refractivity contribution in [3.05, 3.63) is 71.6 Å². The van der Waals surface area contributed by atoms with Gasteiger partial charge < -0.3 is 19.3 Å². The molecule has 1 saturated carbocycles. The molecular formula is C24H23N3O4. The molecule has 0 bridgehead atoms. The second-order valence-corrected chi connectivity index (χ2v) is 8.01. The van der Waals surface area contributed by atoms with Crippen LogP contribution < -0.4 is 0 Å². The average molecular weight is 417 g/mol. The number of piperazine rings is 1. The van der Waals surface area contributed by atoms with E-state index >= 15 is 0 Å². The largest absolute Gasteiger partial charge is 0.508 e. The summed E-state index contributed by atoms with van der Waals surface area (Å²) in [6.07, 6.45) is 2.02. The summed E-state index contributed by atoms with van der Waals surface area (Å²) in [5.74, 6) is 1.20. The number of aromatic hydroxyl groups is 1. The molecular weight excluding hydrogens is 394 g/mol. The second-order valence-electron chi connectivity index (χ2n) is 8.01. The first-order chi connectivity index (χ1) is 15.1. The van der Waals surface area contributed by atoms with Crippen molar-refractivity contribution in [2.75, 3.05) is 26.2 Å². The molecule has 5 rings (SSSR count). The average Bonchev–Trinajstić information content (AvgIpc) is 3.57. The quantitative estimate of drug-likeness (QED) is 0.702. The zero-order chi connectivity index (χ0) is 21.4. The van der Waals surface area contributed by atoms with Gasteiger partial charge in [0.1, 0.15) is 11.5 Å². The number of oxazole rings is 1. The van der Waals surface area contributed by atoms with Crippen LogP contribution in [0.1, 0.15) is 45.4 Å². The molecule has 2 fully saturated rings. The summed E-state index contributed by atoms with van der Waals surface area (Å²) in [5, 5.41) is 9.62. The third kappa shape index (κ3) is 3.91. The van der Waals surface area contributed by atoms with Crippen LogP contribution in [-0.2, 0) is 0 Å². The zero-order valence-corrected chi connectivity index (χ0v) is 17.0. The summed E-state index contributed by atoms with van der Waals surface area (Å²) in [6.45, 7) is 1.73. The minimum absolute atomic E-state index is 0.0625. The Bertz CT molecular complexity index is 1110. The van der Waals surface area contributed by atoms with Gasteiger partial charge in [0, 0.05) is 43.2 Å². The summed E-state index contributed by atoms with van der Waals surface area (Å²) < 4.78 is 6.02. The monoisotopic (exact) mass is 417 g/mol. The number of aromatic nitrogens is 1. The third-order valence-corrected chi connectivity index (χ3v) is 5.77. The Kier molecular flexibility index (Phi) is 4.94. The number of carbonyl (C=O) groups excluding carboxylic acids is 2. The van der Waals surface area contributed by atoms with Gasteiger partial charge in [0.25, 0.3) is 11.8 Å². The van der Waals surface area contributed by atoms with E-state index in [9.17, 15) is 14.7 Å². The number of phenolic OH excluding ortho intramolecular Hbond substituents is 1. The lowest BCUT2D eigenvalue weighted by Crippen LogP contribution is -2.50. The maximum atomic E-state index is 13.3. The lowest BCUT2D eigenvalue weighted by molar-refractivity contribution is 0.0531. The number of hydrogen-bond acceptors (Lipinski definition) is 5. The molecule has 2 heterocycles. The van der Waals surface area contributed by atoms with Crippen LogP contribution in [0, 0.1) is 0 Å². The van der Waals surface area contributed by atoms with E-state index in [2.05, 4.69) is 4.98 Å². The van der Waals surface area contributed by atoms with E-state index in [1.165, 1.54) is 12.1 Å². The first kappa shape index (κ1) is 19.4. The van der Waals surface area contributed by atoms with Crippen molar-refractivity contribution in [2.45, 2.75) is 18.8 Å². The van der Waals surface area contributed by atoms with Crippen LogP contribution >= 0.6 is 0 Å². The number of phenols is 1. The van der Waals surface area contributed by atoms with Crippen LogP contribution in [0.25, 0.3) is 11.5 Å². The molecule has 1 aromatic heterocycles. The molecule has 3 aromatic rings. The molecule has 0 radical (unpaired) electrons. The molecule has 0 atom stereocenters. The van der Waals surface area contributed by atoms with Gasteiger partial charge in [-0.2, -0.15) is 0 Å². The Balaban J connectivity index is 1.30. The van der Waals surface area contributed by atoms with Crippen LogP contribution in [0.3, 0.4) is 0 Å². The standard InChI is InChI=1S/C24H23N3O4/c28-19-8-4-7-18(15-19)23(29)26-11-13-27(14-12-26)24(30)20-21(16-9-10-16)31-22(25-20)17-5-2-1-3-6-17/h1-8,15-16,28H,9-14H2. The molecule has 158 valence electrons. The molecule has 2 aromatic carbocycles. The summed E-state index contributed by atoms with van der Waals surface area (Å²) in [4.78, 5) is 34.0. The van der Waals surface area contributed by atoms with Crippen molar-refractivity contribution < 1.29 is 19.1 Å². The zero-order valence-electron chi connectivity index (χ0n) is 17.0.